The molecule has 18 heavy (non-hydrogen) atoms. The number of benzene rings is 1. The Hall–Kier alpha value is -2.67. The van der Waals surface area contributed by atoms with Crippen molar-refractivity contribution in [3.63, 3.8) is 0 Å². The normalized spacial score (nSPS) is 9.56. The van der Waals surface area contributed by atoms with Crippen molar-refractivity contribution in [1.82, 2.24) is 4.98 Å². The zero-order valence-electron chi connectivity index (χ0n) is 9.68. The number of hydrogen-bond donors (Lipinski definition) is 0. The van der Waals surface area contributed by atoms with Gasteiger partial charge in [-0.3, -0.25) is 0 Å². The molecule has 1 heterocycles. The Kier molecular flexibility index (Phi) is 3.35. The zero-order chi connectivity index (χ0) is 13.0. The van der Waals surface area contributed by atoms with Crippen LogP contribution in [0.5, 0.6) is 5.88 Å². The molecule has 0 N–H and O–H groups in total. The van der Waals surface area contributed by atoms with E-state index in [1.165, 1.54) is 12.1 Å². The van der Waals surface area contributed by atoms with Crippen LogP contribution in [0.4, 0.5) is 0 Å². The fourth-order valence-corrected chi connectivity index (χ4v) is 1.42. The first-order valence-electron chi connectivity index (χ1n) is 5.27. The van der Waals surface area contributed by atoms with E-state index in [9.17, 15) is 4.79 Å². The zero-order valence-corrected chi connectivity index (χ0v) is 9.68. The van der Waals surface area contributed by atoms with Crippen molar-refractivity contribution < 1.29 is 9.53 Å². The van der Waals surface area contributed by atoms with Crippen LogP contribution in [0.1, 0.15) is 21.5 Å². The molecular formula is C14H9N2O2. The highest BCUT2D eigenvalue weighted by Crippen LogP contribution is 2.12. The van der Waals surface area contributed by atoms with Crippen LogP contribution in [-0.4, -0.2) is 11.0 Å². The van der Waals surface area contributed by atoms with Crippen LogP contribution in [0.3, 0.4) is 0 Å². The molecule has 0 bridgehead atoms. The van der Waals surface area contributed by atoms with Crippen LogP contribution in [-0.2, 0) is 0 Å². The van der Waals surface area contributed by atoms with E-state index in [1.807, 2.05) is 25.1 Å². The Balaban J connectivity index is 2.17. The van der Waals surface area contributed by atoms with E-state index < -0.39 is 5.97 Å². The number of hydrogen-bond acceptors (Lipinski definition) is 4. The van der Waals surface area contributed by atoms with Gasteiger partial charge < -0.3 is 4.74 Å². The van der Waals surface area contributed by atoms with Crippen LogP contribution in [0.25, 0.3) is 0 Å². The molecule has 0 saturated carbocycles. The summed E-state index contributed by atoms with van der Waals surface area (Å²) in [6.45, 7) is 1.83. The average Bonchev–Trinajstić information content (AvgIpc) is 2.40. The van der Waals surface area contributed by atoms with Gasteiger partial charge in [0.2, 0.25) is 5.88 Å². The van der Waals surface area contributed by atoms with E-state index in [1.54, 1.807) is 12.1 Å². The maximum Gasteiger partial charge on any atom is 0.345 e. The molecule has 0 amide bonds. The standard InChI is InChI=1S/C14H9N2O2/c1-10-4-2-3-5-12(10)14(17)18-13-7-6-11(8-15)9-16-13/h2-7H,1H3. The second-order valence-electron chi connectivity index (χ2n) is 3.63. The highest BCUT2D eigenvalue weighted by atomic mass is 16.5. The third kappa shape index (κ3) is 2.53. The topological polar surface area (TPSA) is 63.0 Å². The summed E-state index contributed by atoms with van der Waals surface area (Å²) >= 11 is 0. The van der Waals surface area contributed by atoms with Crippen LogP contribution >= 0.6 is 0 Å². The van der Waals surface area contributed by atoms with Crippen LogP contribution in [0, 0.1) is 24.5 Å². The Morgan fingerprint density at radius 2 is 2.11 bits per heavy atom. The van der Waals surface area contributed by atoms with Crippen molar-refractivity contribution in [2.24, 2.45) is 0 Å². The van der Waals surface area contributed by atoms with Gasteiger partial charge in [-0.25, -0.2) is 9.78 Å². The lowest BCUT2D eigenvalue weighted by Crippen LogP contribution is -2.10. The van der Waals surface area contributed by atoms with Gasteiger partial charge in [-0.15, -0.1) is 0 Å². The summed E-state index contributed by atoms with van der Waals surface area (Å²) in [6, 6.07) is 12.0. The largest absolute Gasteiger partial charge is 0.404 e. The number of pyridine rings is 1. The first kappa shape index (κ1) is 11.8. The van der Waals surface area contributed by atoms with Crippen molar-refractivity contribution in [2.45, 2.75) is 6.92 Å². The summed E-state index contributed by atoms with van der Waals surface area (Å²) in [7, 11) is 0. The lowest BCUT2D eigenvalue weighted by molar-refractivity contribution is 0.0726. The summed E-state index contributed by atoms with van der Waals surface area (Å²) in [5, 5.41) is 8.60. The van der Waals surface area contributed by atoms with Gasteiger partial charge in [0, 0.05) is 6.07 Å². The molecule has 0 atom stereocenters. The first-order valence-corrected chi connectivity index (χ1v) is 5.27. The summed E-state index contributed by atoms with van der Waals surface area (Å²) in [5.74, 6) is -0.346. The van der Waals surface area contributed by atoms with E-state index in [2.05, 4.69) is 11.2 Å². The number of ether oxygens (including phenoxy) is 1. The number of aryl methyl sites for hydroxylation is 1. The number of nitriles is 1. The monoisotopic (exact) mass is 237 g/mol. The predicted octanol–water partition coefficient (Wildman–Crippen LogP) is 2.28. The Labute approximate surface area is 104 Å². The van der Waals surface area contributed by atoms with E-state index in [4.69, 9.17) is 10.00 Å². The summed E-state index contributed by atoms with van der Waals surface area (Å²) in [6.07, 6.45) is 2.47. The molecule has 0 spiro atoms. The van der Waals surface area contributed by atoms with Gasteiger partial charge >= 0.3 is 5.97 Å². The van der Waals surface area contributed by atoms with Gasteiger partial charge in [-0.1, -0.05) is 18.2 Å². The molecule has 1 aromatic carbocycles. The summed E-state index contributed by atoms with van der Waals surface area (Å²) < 4.78 is 5.09. The molecule has 0 saturated heterocycles. The number of carbonyl (C=O) groups excluding carboxylic acids is 1. The van der Waals surface area contributed by atoms with Gasteiger partial charge in [0.25, 0.3) is 0 Å². The van der Waals surface area contributed by atoms with Crippen molar-refractivity contribution in [3.05, 3.63) is 59.3 Å². The van der Waals surface area contributed by atoms with E-state index in [0.717, 1.165) is 5.56 Å². The Bertz CT molecular complexity index is 612. The number of aromatic nitrogens is 1. The fraction of sp³-hybridized carbons (Fsp3) is 0.0714. The Morgan fingerprint density at radius 1 is 1.33 bits per heavy atom. The molecule has 4 heteroatoms. The van der Waals surface area contributed by atoms with Gasteiger partial charge in [-0.2, -0.15) is 5.26 Å². The van der Waals surface area contributed by atoms with Crippen LogP contribution < -0.4 is 4.74 Å². The molecule has 0 aliphatic heterocycles. The number of esters is 1. The Morgan fingerprint density at radius 3 is 2.72 bits per heavy atom. The van der Waals surface area contributed by atoms with Crippen LogP contribution in [0.2, 0.25) is 0 Å². The minimum absolute atomic E-state index is 0.127. The lowest BCUT2D eigenvalue weighted by Gasteiger charge is -2.05. The molecule has 2 aromatic rings. The smallest absolute Gasteiger partial charge is 0.345 e. The number of nitrogens with zero attached hydrogens (tertiary/aromatic N) is 2. The predicted molar refractivity (Wildman–Crippen MR) is 63.9 cm³/mol. The van der Waals surface area contributed by atoms with Gasteiger partial charge in [0.05, 0.1) is 11.1 Å². The maximum atomic E-state index is 11.8. The molecular weight excluding hydrogens is 228 g/mol. The quantitative estimate of drug-likeness (QED) is 0.752. The van der Waals surface area contributed by atoms with Gasteiger partial charge in [-0.05, 0) is 24.6 Å². The fourth-order valence-electron chi connectivity index (χ4n) is 1.42. The average molecular weight is 237 g/mol. The third-order valence-electron chi connectivity index (χ3n) is 2.36. The lowest BCUT2D eigenvalue weighted by atomic mass is 10.1. The van der Waals surface area contributed by atoms with Crippen LogP contribution in [0.15, 0.2) is 36.4 Å². The molecule has 2 rings (SSSR count). The molecule has 0 unspecified atom stereocenters. The van der Waals surface area contributed by atoms with E-state index in [0.29, 0.717) is 11.1 Å². The van der Waals surface area contributed by atoms with E-state index in [-0.39, 0.29) is 5.88 Å². The third-order valence-corrected chi connectivity index (χ3v) is 2.36. The molecule has 0 fully saturated rings. The molecule has 0 aliphatic rings. The number of rotatable bonds is 2. The highest BCUT2D eigenvalue weighted by Gasteiger charge is 2.11. The molecule has 4 nitrogen and oxygen atoms in total. The second-order valence-corrected chi connectivity index (χ2v) is 3.63. The van der Waals surface area contributed by atoms with Gasteiger partial charge in [0.1, 0.15) is 12.3 Å². The minimum Gasteiger partial charge on any atom is -0.404 e. The number of carbonyl (C=O) groups is 1. The summed E-state index contributed by atoms with van der Waals surface area (Å²) in [4.78, 5) is 15.6. The SMILES string of the molecule is Cc1ccccc1C(=O)Oc1ccc(C#N)[c]n1. The van der Waals surface area contributed by atoms with Crippen molar-refractivity contribution in [3.8, 4) is 11.9 Å². The highest BCUT2D eigenvalue weighted by molar-refractivity contribution is 5.92. The molecule has 87 valence electrons. The molecule has 0 aliphatic carbocycles. The second kappa shape index (κ2) is 5.11. The first-order chi connectivity index (χ1) is 8.70. The van der Waals surface area contributed by atoms with Crippen molar-refractivity contribution in [2.75, 3.05) is 0 Å². The molecule has 1 aromatic heterocycles. The molecule has 1 radical (unpaired) electrons. The van der Waals surface area contributed by atoms with Crippen molar-refractivity contribution >= 4 is 5.97 Å². The summed E-state index contributed by atoms with van der Waals surface area (Å²) in [5.41, 5.74) is 1.62. The van der Waals surface area contributed by atoms with Crippen molar-refractivity contribution in [1.29, 1.82) is 5.26 Å². The minimum atomic E-state index is -0.473. The maximum absolute atomic E-state index is 11.8. The van der Waals surface area contributed by atoms with E-state index >= 15 is 0 Å². The van der Waals surface area contributed by atoms with Gasteiger partial charge in [0.15, 0.2) is 0 Å².